The summed E-state index contributed by atoms with van der Waals surface area (Å²) in [5.41, 5.74) is 0. The number of imide groups is 1. The maximum absolute atomic E-state index is 11.3. The normalized spacial score (nSPS) is 10.4. The fourth-order valence-corrected chi connectivity index (χ4v) is 3.89. The maximum atomic E-state index is 11.3. The van der Waals surface area contributed by atoms with Crippen molar-refractivity contribution in [3.8, 4) is 0 Å². The van der Waals surface area contributed by atoms with Crippen LogP contribution in [0.1, 0.15) is 108 Å². The third kappa shape index (κ3) is 59.5. The number of nitrogens with zero attached hydrogens (tertiary/aromatic N) is 1. The standard InChI is InChI=1S/C11H22N2O2S.C8H17NO3.C8H13NO2.C7H14N2O2.C2H6.CH2O2/c1-3-4-5-6-7-16-9-13-11(15)10(2)12-8-14;1-2-4-11-6-7-12-5-3-9-8-10;1-3-5-8(11)9(7-10)6-4-2;1-5(2)9-7(11)6(3)8-4-10;1-2;2-1-3/h8,10H,3-7,9H2,1-2H3,(H,12,14)(H,13,15);8H,2-7H2,1H3,(H,9,10);3,5,7H,4,6H2,1-2H3;4-6H,1-3H3,(H,8,10)(H,9,11);1-2H3;1H,(H,2,3)/b;;5-3-;;;. The van der Waals surface area contributed by atoms with E-state index in [2.05, 4.69) is 40.4 Å². The lowest BCUT2D eigenvalue weighted by Gasteiger charge is -2.12. The lowest BCUT2D eigenvalue weighted by molar-refractivity contribution is -0.134. The highest BCUT2D eigenvalue weighted by Gasteiger charge is 2.11. The van der Waals surface area contributed by atoms with Gasteiger partial charge in [0.05, 0.1) is 25.7 Å². The van der Waals surface area contributed by atoms with Gasteiger partial charge in [-0.2, -0.15) is 0 Å². The molecule has 0 bridgehead atoms. The van der Waals surface area contributed by atoms with Crippen LogP contribution in [0.15, 0.2) is 12.2 Å². The molecule has 55 heavy (non-hydrogen) atoms. The van der Waals surface area contributed by atoms with Crippen molar-refractivity contribution in [2.75, 3.05) is 51.1 Å². The number of unbranched alkanes of at least 4 members (excludes halogenated alkanes) is 3. The highest BCUT2D eigenvalue weighted by molar-refractivity contribution is 7.99. The fraction of sp³-hybridized carbons (Fsp3) is 0.730. The lowest BCUT2D eigenvalue weighted by Crippen LogP contribution is -2.44. The van der Waals surface area contributed by atoms with Crippen LogP contribution in [-0.4, -0.2) is 129 Å². The lowest BCUT2D eigenvalue weighted by atomic mass is 10.2. The summed E-state index contributed by atoms with van der Waals surface area (Å²) < 4.78 is 10.3. The molecule has 0 aliphatic heterocycles. The van der Waals surface area contributed by atoms with Crippen molar-refractivity contribution in [1.29, 1.82) is 0 Å². The second-order valence-electron chi connectivity index (χ2n) is 10.9. The van der Waals surface area contributed by atoms with Gasteiger partial charge >= 0.3 is 0 Å². The Morgan fingerprint density at radius 1 is 0.745 bits per heavy atom. The van der Waals surface area contributed by atoms with Crippen molar-refractivity contribution in [1.82, 2.24) is 31.5 Å². The van der Waals surface area contributed by atoms with Crippen LogP contribution in [0.3, 0.4) is 0 Å². The average Bonchev–Trinajstić information content (AvgIpc) is 3.16. The van der Waals surface area contributed by atoms with Gasteiger partial charge in [-0.25, -0.2) is 0 Å². The highest BCUT2D eigenvalue weighted by atomic mass is 32.2. The number of hydrogen-bond donors (Lipinski definition) is 6. The Labute approximate surface area is 334 Å². The van der Waals surface area contributed by atoms with Crippen LogP contribution in [0.4, 0.5) is 0 Å². The molecular weight excluding hydrogens is 737 g/mol. The molecule has 18 heteroatoms. The number of rotatable bonds is 27. The summed E-state index contributed by atoms with van der Waals surface area (Å²) >= 11 is 1.72. The minimum absolute atomic E-state index is 0.110. The number of carbonyl (C=O) groups is 8. The Kier molecular flexibility index (Phi) is 64.9. The third-order valence-electron chi connectivity index (χ3n) is 5.72. The molecule has 0 spiro atoms. The monoisotopic (exact) mass is 811 g/mol. The van der Waals surface area contributed by atoms with E-state index < -0.39 is 12.1 Å². The molecule has 0 saturated carbocycles. The molecule has 0 aliphatic carbocycles. The summed E-state index contributed by atoms with van der Waals surface area (Å²) in [7, 11) is 0. The molecule has 0 saturated heterocycles. The molecule has 7 amide bonds. The summed E-state index contributed by atoms with van der Waals surface area (Å²) in [5.74, 6) is 1.16. The molecule has 0 heterocycles. The molecule has 0 fully saturated rings. The summed E-state index contributed by atoms with van der Waals surface area (Å²) in [6.07, 6.45) is 12.1. The highest BCUT2D eigenvalue weighted by Crippen LogP contribution is 2.06. The zero-order valence-electron chi connectivity index (χ0n) is 35.1. The molecule has 6 N–H and O–H groups in total. The number of amides is 7. The van der Waals surface area contributed by atoms with Crippen molar-refractivity contribution >= 4 is 61.6 Å². The first-order chi connectivity index (χ1) is 26.4. The van der Waals surface area contributed by atoms with Gasteiger partial charge in [-0.15, -0.1) is 11.8 Å². The van der Waals surface area contributed by atoms with Crippen molar-refractivity contribution < 1.29 is 52.9 Å². The fourth-order valence-electron chi connectivity index (χ4n) is 3.09. The third-order valence-corrected chi connectivity index (χ3v) is 6.65. The molecule has 2 atom stereocenters. The van der Waals surface area contributed by atoms with E-state index in [0.717, 1.165) is 30.1 Å². The number of ether oxygens (including phenoxy) is 2. The van der Waals surface area contributed by atoms with Gasteiger partial charge in [-0.3, -0.25) is 43.3 Å². The van der Waals surface area contributed by atoms with E-state index in [1.165, 1.54) is 31.8 Å². The van der Waals surface area contributed by atoms with E-state index in [0.29, 0.717) is 64.4 Å². The zero-order valence-corrected chi connectivity index (χ0v) is 35.9. The van der Waals surface area contributed by atoms with Gasteiger partial charge in [0.1, 0.15) is 12.1 Å². The Morgan fingerprint density at radius 3 is 1.73 bits per heavy atom. The second-order valence-corrected chi connectivity index (χ2v) is 12.0. The number of nitrogens with one attached hydrogen (secondary N) is 5. The first-order valence-electron chi connectivity index (χ1n) is 18.7. The summed E-state index contributed by atoms with van der Waals surface area (Å²) in [6.45, 7) is 22.3. The molecule has 2 unspecified atom stereocenters. The Morgan fingerprint density at radius 2 is 1.29 bits per heavy atom. The van der Waals surface area contributed by atoms with Gasteiger partial charge in [-0.1, -0.05) is 60.0 Å². The summed E-state index contributed by atoms with van der Waals surface area (Å²) in [5, 5.41) is 19.6. The van der Waals surface area contributed by atoms with Crippen LogP contribution in [-0.2, 0) is 47.8 Å². The molecule has 0 aromatic carbocycles. The minimum Gasteiger partial charge on any atom is -0.483 e. The van der Waals surface area contributed by atoms with E-state index in [1.807, 2.05) is 34.6 Å². The molecular formula is C37H74N6O11S. The first kappa shape index (κ1) is 62.9. The second kappa shape index (κ2) is 56.7. The van der Waals surface area contributed by atoms with Crippen molar-refractivity contribution in [3.05, 3.63) is 12.2 Å². The average molecular weight is 811 g/mol. The molecule has 0 radical (unpaired) electrons. The SMILES string of the molecule is C/C=C\C(=O)N(C=O)CCC.CC.CC(C)NC(=O)C(C)NC=O.CCCCCCSCNC(=O)C(C)NC=O.CCCOCCOCCNC=O.O=CO. The van der Waals surface area contributed by atoms with E-state index in [1.54, 1.807) is 38.6 Å². The largest absolute Gasteiger partial charge is 0.483 e. The molecule has 0 aliphatic rings. The smallest absolute Gasteiger partial charge is 0.290 e. The Bertz CT molecular complexity index is 932. The molecule has 324 valence electrons. The van der Waals surface area contributed by atoms with Gasteiger partial charge < -0.3 is 41.2 Å². The van der Waals surface area contributed by atoms with Crippen LogP contribution >= 0.6 is 11.8 Å². The minimum atomic E-state index is -0.449. The van der Waals surface area contributed by atoms with Crippen molar-refractivity contribution in [3.63, 3.8) is 0 Å². The number of hydrogen-bond acceptors (Lipinski definition) is 11. The molecule has 0 aromatic rings. The van der Waals surface area contributed by atoms with Gasteiger partial charge in [0.15, 0.2) is 0 Å². The summed E-state index contributed by atoms with van der Waals surface area (Å²) in [6, 6.07) is -0.786. The van der Waals surface area contributed by atoms with Crippen molar-refractivity contribution in [2.24, 2.45) is 0 Å². The Hall–Kier alpha value is -4.03. The number of carboxylic acid groups (broad SMARTS) is 1. The van der Waals surface area contributed by atoms with Crippen LogP contribution < -0.4 is 26.6 Å². The molecule has 0 aromatic heterocycles. The molecule has 0 rings (SSSR count). The summed E-state index contributed by atoms with van der Waals surface area (Å²) in [4.78, 5) is 82.9. The predicted octanol–water partition coefficient (Wildman–Crippen LogP) is 3.01. The maximum Gasteiger partial charge on any atom is 0.290 e. The van der Waals surface area contributed by atoms with Crippen LogP contribution in [0.25, 0.3) is 0 Å². The predicted molar refractivity (Wildman–Crippen MR) is 219 cm³/mol. The van der Waals surface area contributed by atoms with Gasteiger partial charge in [-0.05, 0) is 65.7 Å². The quantitative estimate of drug-likeness (QED) is 0.0304. The number of thioether (sulfide) groups is 1. The number of allylic oxidation sites excluding steroid dienone is 1. The van der Waals surface area contributed by atoms with Gasteiger partial charge in [0.25, 0.3) is 12.4 Å². The van der Waals surface area contributed by atoms with E-state index in [9.17, 15) is 33.6 Å². The van der Waals surface area contributed by atoms with Crippen LogP contribution in [0.5, 0.6) is 0 Å². The first-order valence-corrected chi connectivity index (χ1v) is 19.9. The van der Waals surface area contributed by atoms with Crippen LogP contribution in [0, 0.1) is 0 Å². The van der Waals surface area contributed by atoms with E-state index >= 15 is 0 Å². The van der Waals surface area contributed by atoms with Crippen molar-refractivity contribution in [2.45, 2.75) is 126 Å². The topological polar surface area (TPSA) is 239 Å². The zero-order chi connectivity index (χ0) is 43.5. The molecule has 17 nitrogen and oxygen atoms in total. The van der Waals surface area contributed by atoms with Gasteiger partial charge in [0.2, 0.25) is 37.5 Å². The number of carbonyl (C=O) groups excluding carboxylic acids is 7. The van der Waals surface area contributed by atoms with Crippen LogP contribution in [0.2, 0.25) is 0 Å². The van der Waals surface area contributed by atoms with Gasteiger partial charge in [0, 0.05) is 25.7 Å². The van der Waals surface area contributed by atoms with E-state index in [4.69, 9.17) is 19.4 Å². The van der Waals surface area contributed by atoms with E-state index in [-0.39, 0.29) is 30.2 Å². The Balaban J connectivity index is -0.000000141.